The molecule has 0 radical (unpaired) electrons. The minimum atomic E-state index is -1.42. The van der Waals surface area contributed by atoms with Gasteiger partial charge >= 0.3 is 5.97 Å². The first-order valence-electron chi connectivity index (χ1n) is 8.73. The molecule has 28 heavy (non-hydrogen) atoms. The number of aliphatic carboxylic acids is 1. The van der Waals surface area contributed by atoms with Gasteiger partial charge in [0, 0.05) is 5.75 Å². The number of carboxylic acids is 1. The molecule has 5 atom stereocenters. The lowest BCUT2D eigenvalue weighted by Crippen LogP contribution is -2.60. The van der Waals surface area contributed by atoms with Crippen molar-refractivity contribution in [1.82, 2.24) is 16.0 Å². The fraction of sp³-hybridized carbons (Fsp3) is 0.750. The van der Waals surface area contributed by atoms with Gasteiger partial charge in [-0.25, -0.2) is 4.79 Å². The number of carbonyl (C=O) groups is 4. The number of nitrogens with two attached hydrogens (primary N) is 1. The van der Waals surface area contributed by atoms with Gasteiger partial charge in [0.1, 0.15) is 24.2 Å². The Morgan fingerprint density at radius 2 is 1.50 bits per heavy atom. The van der Waals surface area contributed by atoms with Gasteiger partial charge in [0.2, 0.25) is 17.7 Å². The molecule has 12 heteroatoms. The van der Waals surface area contributed by atoms with E-state index in [4.69, 9.17) is 15.9 Å². The van der Waals surface area contributed by atoms with E-state index in [-0.39, 0.29) is 18.1 Å². The van der Waals surface area contributed by atoms with Crippen molar-refractivity contribution in [3.05, 3.63) is 0 Å². The summed E-state index contributed by atoms with van der Waals surface area (Å²) in [7, 11) is 0. The van der Waals surface area contributed by atoms with E-state index in [1.165, 1.54) is 6.92 Å². The standard InChI is InChI=1S/C16H30N4O7S/c1-7(2)4-10(14(24)19-11(6-28)16(26)27)18-15(25)12(8(3)22)20-13(23)9(17)5-21/h7-12,21-22,28H,4-6,17H2,1-3H3,(H,18,25)(H,19,24)(H,20,23)(H,26,27). The van der Waals surface area contributed by atoms with Crippen LogP contribution >= 0.6 is 12.6 Å². The zero-order chi connectivity index (χ0) is 22.0. The number of hydrogen-bond acceptors (Lipinski definition) is 8. The summed E-state index contributed by atoms with van der Waals surface area (Å²) in [4.78, 5) is 47.8. The van der Waals surface area contributed by atoms with Gasteiger partial charge in [-0.2, -0.15) is 12.6 Å². The van der Waals surface area contributed by atoms with Crippen LogP contribution in [0.15, 0.2) is 0 Å². The molecule has 0 saturated heterocycles. The second-order valence-corrected chi connectivity index (χ2v) is 7.15. The molecule has 162 valence electrons. The van der Waals surface area contributed by atoms with E-state index in [0.717, 1.165) is 0 Å². The molecule has 5 unspecified atom stereocenters. The number of amides is 3. The van der Waals surface area contributed by atoms with Gasteiger partial charge in [0.15, 0.2) is 0 Å². The van der Waals surface area contributed by atoms with Crippen LogP contribution in [0.2, 0.25) is 0 Å². The first-order valence-corrected chi connectivity index (χ1v) is 9.37. The monoisotopic (exact) mass is 422 g/mol. The van der Waals surface area contributed by atoms with Crippen molar-refractivity contribution in [2.24, 2.45) is 11.7 Å². The van der Waals surface area contributed by atoms with Gasteiger partial charge in [-0.1, -0.05) is 13.8 Å². The van der Waals surface area contributed by atoms with Crippen molar-refractivity contribution >= 4 is 36.3 Å². The van der Waals surface area contributed by atoms with Gasteiger partial charge in [-0.3, -0.25) is 14.4 Å². The van der Waals surface area contributed by atoms with Gasteiger partial charge in [0.25, 0.3) is 0 Å². The first-order chi connectivity index (χ1) is 12.9. The van der Waals surface area contributed by atoms with Crippen LogP contribution in [0, 0.1) is 5.92 Å². The molecule has 11 nitrogen and oxygen atoms in total. The zero-order valence-electron chi connectivity index (χ0n) is 16.1. The van der Waals surface area contributed by atoms with E-state index >= 15 is 0 Å². The molecule has 0 fully saturated rings. The van der Waals surface area contributed by atoms with Crippen LogP contribution in [0.4, 0.5) is 0 Å². The molecular weight excluding hydrogens is 392 g/mol. The van der Waals surface area contributed by atoms with E-state index in [1.54, 1.807) is 13.8 Å². The molecule has 0 aromatic carbocycles. The van der Waals surface area contributed by atoms with Crippen molar-refractivity contribution in [2.75, 3.05) is 12.4 Å². The number of nitrogens with one attached hydrogen (secondary N) is 3. The van der Waals surface area contributed by atoms with Gasteiger partial charge in [-0.05, 0) is 19.3 Å². The van der Waals surface area contributed by atoms with Crippen molar-refractivity contribution in [1.29, 1.82) is 0 Å². The lowest BCUT2D eigenvalue weighted by Gasteiger charge is -2.26. The average molecular weight is 423 g/mol. The van der Waals surface area contributed by atoms with Gasteiger partial charge in [-0.15, -0.1) is 0 Å². The van der Waals surface area contributed by atoms with Crippen molar-refractivity contribution in [2.45, 2.75) is 57.5 Å². The second-order valence-electron chi connectivity index (χ2n) is 6.79. The number of carbonyl (C=O) groups excluding carboxylic acids is 3. The summed E-state index contributed by atoms with van der Waals surface area (Å²) in [5.74, 6) is -3.88. The van der Waals surface area contributed by atoms with E-state index in [1.807, 2.05) is 0 Å². The van der Waals surface area contributed by atoms with E-state index in [2.05, 4.69) is 28.6 Å². The highest BCUT2D eigenvalue weighted by atomic mass is 32.1. The van der Waals surface area contributed by atoms with Crippen LogP contribution in [0.5, 0.6) is 0 Å². The van der Waals surface area contributed by atoms with E-state index < -0.39 is 60.6 Å². The fourth-order valence-electron chi connectivity index (χ4n) is 2.17. The predicted molar refractivity (Wildman–Crippen MR) is 103 cm³/mol. The molecule has 0 rings (SSSR count). The zero-order valence-corrected chi connectivity index (χ0v) is 17.0. The third-order valence-electron chi connectivity index (χ3n) is 3.73. The highest BCUT2D eigenvalue weighted by Gasteiger charge is 2.32. The van der Waals surface area contributed by atoms with Crippen LogP contribution in [0.3, 0.4) is 0 Å². The molecule has 0 aromatic heterocycles. The maximum Gasteiger partial charge on any atom is 0.327 e. The normalized spacial score (nSPS) is 16.4. The summed E-state index contributed by atoms with van der Waals surface area (Å²) in [6.45, 7) is 4.20. The largest absolute Gasteiger partial charge is 0.480 e. The van der Waals surface area contributed by atoms with Gasteiger partial charge in [0.05, 0.1) is 12.7 Å². The molecule has 0 aliphatic rings. The molecule has 0 aliphatic heterocycles. The van der Waals surface area contributed by atoms with Crippen LogP contribution in [-0.2, 0) is 19.2 Å². The highest BCUT2D eigenvalue weighted by molar-refractivity contribution is 7.80. The number of carboxylic acid groups (broad SMARTS) is 1. The lowest BCUT2D eigenvalue weighted by molar-refractivity contribution is -0.141. The number of thiol groups is 1. The van der Waals surface area contributed by atoms with Crippen LogP contribution in [-0.4, -0.2) is 81.6 Å². The molecule has 0 heterocycles. The Labute approximate surface area is 168 Å². The molecule has 0 aromatic rings. The van der Waals surface area contributed by atoms with Crippen LogP contribution in [0.1, 0.15) is 27.2 Å². The van der Waals surface area contributed by atoms with E-state index in [9.17, 15) is 24.3 Å². The quantitative estimate of drug-likeness (QED) is 0.155. The molecule has 0 bridgehead atoms. The second kappa shape index (κ2) is 12.5. The van der Waals surface area contributed by atoms with Crippen molar-refractivity contribution in [3.8, 4) is 0 Å². The lowest BCUT2D eigenvalue weighted by atomic mass is 10.0. The summed E-state index contributed by atoms with van der Waals surface area (Å²) < 4.78 is 0. The molecule has 8 N–H and O–H groups in total. The number of aliphatic hydroxyl groups excluding tert-OH is 2. The van der Waals surface area contributed by atoms with Crippen molar-refractivity contribution in [3.63, 3.8) is 0 Å². The molecular formula is C16H30N4O7S. The predicted octanol–water partition coefficient (Wildman–Crippen LogP) is -2.80. The minimum absolute atomic E-state index is 0.0299. The summed E-state index contributed by atoms with van der Waals surface area (Å²) in [5.41, 5.74) is 5.38. The average Bonchev–Trinajstić information content (AvgIpc) is 2.61. The minimum Gasteiger partial charge on any atom is -0.480 e. The van der Waals surface area contributed by atoms with Gasteiger partial charge < -0.3 is 37.0 Å². The molecule has 0 aliphatic carbocycles. The topological polar surface area (TPSA) is 191 Å². The number of hydrogen-bond donors (Lipinski definition) is 8. The number of rotatable bonds is 12. The Morgan fingerprint density at radius 3 is 1.89 bits per heavy atom. The maximum absolute atomic E-state index is 12.5. The first kappa shape index (κ1) is 26.1. The molecule has 0 saturated carbocycles. The molecule has 0 spiro atoms. The smallest absolute Gasteiger partial charge is 0.327 e. The summed E-state index contributed by atoms with van der Waals surface area (Å²) in [6.07, 6.45) is -1.13. The summed E-state index contributed by atoms with van der Waals surface area (Å²) in [5, 5.41) is 34.7. The van der Waals surface area contributed by atoms with Crippen LogP contribution in [0.25, 0.3) is 0 Å². The Bertz CT molecular complexity index is 559. The van der Waals surface area contributed by atoms with Crippen molar-refractivity contribution < 1.29 is 34.5 Å². The Hall–Kier alpha value is -1.89. The third kappa shape index (κ3) is 8.87. The van der Waals surface area contributed by atoms with Crippen LogP contribution < -0.4 is 21.7 Å². The fourth-order valence-corrected chi connectivity index (χ4v) is 2.42. The third-order valence-corrected chi connectivity index (χ3v) is 4.10. The Balaban J connectivity index is 5.31. The Kier molecular flexibility index (Phi) is 11.7. The molecule has 3 amide bonds. The SMILES string of the molecule is CC(C)CC(NC(=O)C(NC(=O)C(N)CO)C(C)O)C(=O)NC(CS)C(=O)O. The highest BCUT2D eigenvalue weighted by Crippen LogP contribution is 2.07. The maximum atomic E-state index is 12.5. The number of aliphatic hydroxyl groups is 2. The summed E-state index contributed by atoms with van der Waals surface area (Å²) >= 11 is 3.87. The Morgan fingerprint density at radius 1 is 0.964 bits per heavy atom. The summed E-state index contributed by atoms with van der Waals surface area (Å²) in [6, 6.07) is -5.04. The van der Waals surface area contributed by atoms with E-state index in [0.29, 0.717) is 0 Å².